The van der Waals surface area contributed by atoms with Gasteiger partial charge in [0.15, 0.2) is 0 Å². The van der Waals surface area contributed by atoms with Gasteiger partial charge in [0.1, 0.15) is 0 Å². The van der Waals surface area contributed by atoms with Crippen molar-refractivity contribution in [3.05, 3.63) is 47.8 Å². The van der Waals surface area contributed by atoms with Crippen LogP contribution in [0.1, 0.15) is 11.4 Å². The first kappa shape index (κ1) is 18.8. The minimum atomic E-state index is -4.41. The number of hydrogen-bond donors (Lipinski definition) is 1. The van der Waals surface area contributed by atoms with Crippen LogP contribution in [0, 0.1) is 13.8 Å². The average Bonchev–Trinajstić information content (AvgIpc) is 2.86. The summed E-state index contributed by atoms with van der Waals surface area (Å²) in [5.41, 5.74) is 3.07. The van der Waals surface area contributed by atoms with Crippen molar-refractivity contribution in [3.8, 4) is 0 Å². The quantitative estimate of drug-likeness (QED) is 0.419. The molecule has 0 radical (unpaired) electrons. The lowest BCUT2D eigenvalue weighted by Crippen LogP contribution is -2.31. The zero-order valence-electron chi connectivity index (χ0n) is 14.3. The highest BCUT2D eigenvalue weighted by atomic mass is 32.3. The van der Waals surface area contributed by atoms with Gasteiger partial charge in [-0.25, -0.2) is 13.0 Å². The maximum absolute atomic E-state index is 9.22. The number of para-hydroxylation sites is 1. The van der Waals surface area contributed by atoms with E-state index in [2.05, 4.69) is 19.6 Å². The van der Waals surface area contributed by atoms with E-state index in [1.54, 1.807) is 0 Å². The number of aromatic nitrogens is 4. The summed E-state index contributed by atoms with van der Waals surface area (Å²) in [4.78, 5) is 4.52. The molecule has 10 heteroatoms. The van der Waals surface area contributed by atoms with Crippen LogP contribution in [0.3, 0.4) is 0 Å². The van der Waals surface area contributed by atoms with Crippen LogP contribution in [0.15, 0.2) is 36.4 Å². The molecule has 1 N–H and O–H groups in total. The second-order valence-electron chi connectivity index (χ2n) is 5.20. The molecule has 0 unspecified atom stereocenters. The Bertz CT molecular complexity index is 971. The smallest absolute Gasteiger partial charge is 0.358 e. The monoisotopic (exact) mass is 365 g/mol. The van der Waals surface area contributed by atoms with Crippen LogP contribution in [-0.4, -0.2) is 34.7 Å². The highest BCUT2D eigenvalue weighted by Crippen LogP contribution is 2.12. The Morgan fingerprint density at radius 2 is 1.84 bits per heavy atom. The molecular weight excluding hydrogens is 346 g/mol. The minimum absolute atomic E-state index is 0.771. The van der Waals surface area contributed by atoms with E-state index in [9.17, 15) is 13.0 Å². The number of anilines is 2. The van der Waals surface area contributed by atoms with Gasteiger partial charge in [0.25, 0.3) is 0 Å². The minimum Gasteiger partial charge on any atom is -0.726 e. The molecular formula is C15H19N5O4S. The first-order chi connectivity index (χ1) is 11.7. The lowest BCUT2D eigenvalue weighted by Gasteiger charge is -1.98. The first-order valence-corrected chi connectivity index (χ1v) is 8.61. The van der Waals surface area contributed by atoms with Crippen LogP contribution < -0.4 is 9.88 Å². The van der Waals surface area contributed by atoms with E-state index < -0.39 is 10.4 Å². The maximum Gasteiger partial charge on any atom is 0.358 e. The molecule has 2 aromatic heterocycles. The van der Waals surface area contributed by atoms with Crippen LogP contribution >= 0.6 is 0 Å². The molecule has 0 saturated carbocycles. The van der Waals surface area contributed by atoms with Crippen LogP contribution in [0.25, 0.3) is 5.78 Å². The SMILES string of the molecule is COS(=O)(=O)[O-].Cc1cc(C)n2nc(Nc3ccccc3)[n+](C)c2n1. The number of nitrogens with zero attached hydrogens (tertiary/aromatic N) is 4. The maximum atomic E-state index is 9.22. The summed E-state index contributed by atoms with van der Waals surface area (Å²) < 4.78 is 34.8. The van der Waals surface area contributed by atoms with Crippen molar-refractivity contribution in [1.82, 2.24) is 14.6 Å². The Morgan fingerprint density at radius 3 is 2.40 bits per heavy atom. The van der Waals surface area contributed by atoms with Gasteiger partial charge in [0.05, 0.1) is 24.2 Å². The molecule has 0 fully saturated rings. The topological polar surface area (TPSA) is 113 Å². The van der Waals surface area contributed by atoms with Gasteiger partial charge in [0.2, 0.25) is 10.4 Å². The van der Waals surface area contributed by atoms with Crippen LogP contribution in [-0.2, 0) is 21.6 Å². The standard InChI is InChI=1S/C14H16N5.CH4O4S/c1-10-9-11(2)19-14(15-10)18(3)13(17-19)16-12-7-5-4-6-8-12;1-5-6(2,3)4/h4-9H,1-3H3,(H,16,17);1H3,(H,2,3,4)/q+1;/p-1. The molecule has 3 aromatic rings. The molecule has 134 valence electrons. The van der Waals surface area contributed by atoms with Crippen LogP contribution in [0.4, 0.5) is 11.6 Å². The number of benzene rings is 1. The first-order valence-electron chi connectivity index (χ1n) is 7.28. The fraction of sp³-hybridized carbons (Fsp3) is 0.267. The molecule has 0 spiro atoms. The Morgan fingerprint density at radius 1 is 1.24 bits per heavy atom. The molecule has 2 heterocycles. The zero-order valence-corrected chi connectivity index (χ0v) is 15.1. The van der Waals surface area contributed by atoms with E-state index >= 15 is 0 Å². The van der Waals surface area contributed by atoms with E-state index in [-0.39, 0.29) is 0 Å². The second-order valence-corrected chi connectivity index (χ2v) is 6.35. The highest BCUT2D eigenvalue weighted by molar-refractivity contribution is 7.80. The van der Waals surface area contributed by atoms with Crippen molar-refractivity contribution >= 4 is 27.8 Å². The molecule has 1 aromatic carbocycles. The third-order valence-electron chi connectivity index (χ3n) is 3.26. The van der Waals surface area contributed by atoms with Gasteiger partial charge in [-0.1, -0.05) is 18.2 Å². The largest absolute Gasteiger partial charge is 0.726 e. The van der Waals surface area contributed by atoms with E-state index in [1.807, 2.05) is 66.4 Å². The van der Waals surface area contributed by atoms with Crippen molar-refractivity contribution in [2.24, 2.45) is 7.05 Å². The average molecular weight is 365 g/mol. The predicted octanol–water partition coefficient (Wildman–Crippen LogP) is 1.01. The van der Waals surface area contributed by atoms with Crippen LogP contribution in [0.2, 0.25) is 0 Å². The van der Waals surface area contributed by atoms with E-state index in [1.165, 1.54) is 0 Å². The Balaban J connectivity index is 0.000000326. The van der Waals surface area contributed by atoms with Crippen molar-refractivity contribution in [3.63, 3.8) is 0 Å². The lowest BCUT2D eigenvalue weighted by molar-refractivity contribution is -0.633. The molecule has 0 aliphatic heterocycles. The summed E-state index contributed by atoms with van der Waals surface area (Å²) in [5, 5.41) is 7.85. The van der Waals surface area contributed by atoms with E-state index in [0.717, 1.165) is 35.9 Å². The van der Waals surface area contributed by atoms with Crippen molar-refractivity contribution in [2.45, 2.75) is 13.8 Å². The summed E-state index contributed by atoms with van der Waals surface area (Å²) in [7, 11) is -1.65. The van der Waals surface area contributed by atoms with Crippen molar-refractivity contribution < 1.29 is 21.7 Å². The molecule has 0 saturated heterocycles. The van der Waals surface area contributed by atoms with Gasteiger partial charge in [-0.05, 0) is 26.0 Å². The molecule has 0 aliphatic rings. The summed E-state index contributed by atoms with van der Waals surface area (Å²) >= 11 is 0. The van der Waals surface area contributed by atoms with Gasteiger partial charge in [-0.3, -0.25) is 9.50 Å². The van der Waals surface area contributed by atoms with Gasteiger partial charge in [-0.2, -0.15) is 0 Å². The lowest BCUT2D eigenvalue weighted by atomic mass is 10.3. The predicted molar refractivity (Wildman–Crippen MR) is 90.1 cm³/mol. The third kappa shape index (κ3) is 4.95. The van der Waals surface area contributed by atoms with Crippen molar-refractivity contribution in [1.29, 1.82) is 0 Å². The van der Waals surface area contributed by atoms with E-state index in [4.69, 9.17) is 0 Å². The molecule has 25 heavy (non-hydrogen) atoms. The number of nitrogens with one attached hydrogen (secondary N) is 1. The Hall–Kier alpha value is -2.56. The highest BCUT2D eigenvalue weighted by Gasteiger charge is 2.18. The van der Waals surface area contributed by atoms with E-state index in [0.29, 0.717) is 0 Å². The molecule has 0 atom stereocenters. The number of hydrogen-bond acceptors (Lipinski definition) is 7. The van der Waals surface area contributed by atoms with Gasteiger partial charge >= 0.3 is 11.7 Å². The zero-order chi connectivity index (χ0) is 18.6. The number of aryl methyl sites for hydroxylation is 3. The number of rotatable bonds is 3. The summed E-state index contributed by atoms with van der Waals surface area (Å²) in [5.74, 6) is 1.60. The molecule has 9 nitrogen and oxygen atoms in total. The number of fused-ring (bicyclic) bond motifs is 1. The molecule has 0 bridgehead atoms. The third-order valence-corrected chi connectivity index (χ3v) is 3.67. The van der Waals surface area contributed by atoms with Gasteiger partial charge < -0.3 is 4.55 Å². The molecule has 0 aliphatic carbocycles. The van der Waals surface area contributed by atoms with Gasteiger partial charge in [0, 0.05) is 18.2 Å². The van der Waals surface area contributed by atoms with Crippen LogP contribution in [0.5, 0.6) is 0 Å². The van der Waals surface area contributed by atoms with Gasteiger partial charge in [-0.15, -0.1) is 9.50 Å². The van der Waals surface area contributed by atoms with Crippen molar-refractivity contribution in [2.75, 3.05) is 12.4 Å². The summed E-state index contributed by atoms with van der Waals surface area (Å²) in [6.45, 7) is 4.02. The molecule has 0 amide bonds. The fourth-order valence-corrected chi connectivity index (χ4v) is 2.12. The summed E-state index contributed by atoms with van der Waals surface area (Å²) in [6.07, 6.45) is 0. The fourth-order valence-electron chi connectivity index (χ4n) is 2.12. The normalized spacial score (nSPS) is 11.1. The Labute approximate surface area is 145 Å². The Kier molecular flexibility index (Phi) is 5.67. The second kappa shape index (κ2) is 7.55. The molecule has 3 rings (SSSR count). The summed E-state index contributed by atoms with van der Waals surface area (Å²) in [6, 6.07) is 12.0.